The van der Waals surface area contributed by atoms with E-state index in [-0.39, 0.29) is 4.90 Å². The van der Waals surface area contributed by atoms with Gasteiger partial charge in [-0.15, -0.1) is 0 Å². The van der Waals surface area contributed by atoms with Gasteiger partial charge in [0.25, 0.3) is 0 Å². The number of rotatable bonds is 5. The van der Waals surface area contributed by atoms with Crippen molar-refractivity contribution in [3.8, 4) is 0 Å². The number of nitrogens with two attached hydrogens (primary N) is 1. The van der Waals surface area contributed by atoms with Crippen molar-refractivity contribution in [2.24, 2.45) is 0 Å². The van der Waals surface area contributed by atoms with Gasteiger partial charge in [-0.1, -0.05) is 36.4 Å². The summed E-state index contributed by atoms with van der Waals surface area (Å²) in [6.45, 7) is 2.07. The molecule has 112 valence electrons. The van der Waals surface area contributed by atoms with E-state index in [0.29, 0.717) is 22.2 Å². The molecule has 0 radical (unpaired) electrons. The first-order valence-corrected chi connectivity index (χ1v) is 8.93. The van der Waals surface area contributed by atoms with E-state index < -0.39 is 10.0 Å². The summed E-state index contributed by atoms with van der Waals surface area (Å²) in [6, 6.07) is 12.0. The second-order valence-corrected chi connectivity index (χ2v) is 7.58. The quantitative estimate of drug-likeness (QED) is 0.817. The van der Waals surface area contributed by atoms with Gasteiger partial charge in [-0.05, 0) is 36.4 Å². The maximum Gasteiger partial charge on any atom is 0.240 e. The van der Waals surface area contributed by atoms with Gasteiger partial charge in [0.2, 0.25) is 10.0 Å². The third-order valence-electron chi connectivity index (χ3n) is 2.65. The van der Waals surface area contributed by atoms with Crippen molar-refractivity contribution in [3.05, 3.63) is 47.5 Å². The van der Waals surface area contributed by atoms with Crippen LogP contribution in [0, 0.1) is 0 Å². The minimum atomic E-state index is -3.50. The summed E-state index contributed by atoms with van der Waals surface area (Å²) in [5, 5.41) is 0.620. The van der Waals surface area contributed by atoms with Crippen molar-refractivity contribution in [2.45, 2.75) is 21.6 Å². The van der Waals surface area contributed by atoms with Gasteiger partial charge in [0.05, 0.1) is 4.90 Å². The molecule has 2 aromatic rings. The molecule has 21 heavy (non-hydrogen) atoms. The Morgan fingerprint density at radius 2 is 2.00 bits per heavy atom. The Morgan fingerprint density at radius 1 is 1.24 bits per heavy atom. The van der Waals surface area contributed by atoms with Crippen LogP contribution in [0.1, 0.15) is 6.92 Å². The van der Waals surface area contributed by atoms with Crippen molar-refractivity contribution >= 4 is 39.1 Å². The molecule has 0 atom stereocenters. The zero-order valence-electron chi connectivity index (χ0n) is 11.3. The number of nitrogen functional groups attached to an aromatic ring is 1. The monoisotopic (exact) mass is 342 g/mol. The van der Waals surface area contributed by atoms with E-state index in [4.69, 9.17) is 17.3 Å². The molecule has 4 nitrogen and oxygen atoms in total. The minimum absolute atomic E-state index is 0.197. The van der Waals surface area contributed by atoms with E-state index in [9.17, 15) is 8.42 Å². The molecule has 0 aliphatic carbocycles. The summed E-state index contributed by atoms with van der Waals surface area (Å²) in [7, 11) is -3.50. The number of sulfonamides is 1. The molecule has 0 fully saturated rings. The van der Waals surface area contributed by atoms with E-state index in [1.807, 2.05) is 12.1 Å². The Kier molecular flexibility index (Phi) is 5.16. The lowest BCUT2D eigenvalue weighted by molar-refractivity contribution is 0.583. The van der Waals surface area contributed by atoms with E-state index in [1.165, 1.54) is 17.8 Å². The summed E-state index contributed by atoms with van der Waals surface area (Å²) >= 11 is 7.32. The number of halogens is 1. The van der Waals surface area contributed by atoms with Crippen molar-refractivity contribution in [3.63, 3.8) is 0 Å². The van der Waals surface area contributed by atoms with Crippen LogP contribution in [0.25, 0.3) is 0 Å². The fraction of sp³-hybridized carbons (Fsp3) is 0.143. The molecule has 7 heteroatoms. The highest BCUT2D eigenvalue weighted by molar-refractivity contribution is 7.99. The zero-order valence-corrected chi connectivity index (χ0v) is 13.7. The maximum absolute atomic E-state index is 12.0. The van der Waals surface area contributed by atoms with Gasteiger partial charge in [0.1, 0.15) is 0 Å². The van der Waals surface area contributed by atoms with Crippen molar-refractivity contribution in [1.82, 2.24) is 4.72 Å². The Bertz CT molecular complexity index is 748. The third kappa shape index (κ3) is 4.14. The van der Waals surface area contributed by atoms with Gasteiger partial charge in [0, 0.05) is 27.0 Å². The van der Waals surface area contributed by atoms with Gasteiger partial charge in [-0.2, -0.15) is 0 Å². The number of nitrogens with one attached hydrogen (secondary N) is 1. The molecule has 2 aromatic carbocycles. The summed E-state index contributed by atoms with van der Waals surface area (Å²) in [5.74, 6) is 0. The third-order valence-corrected chi connectivity index (χ3v) is 5.50. The summed E-state index contributed by atoms with van der Waals surface area (Å²) in [6.07, 6.45) is 0. The molecule has 0 saturated heterocycles. The summed E-state index contributed by atoms with van der Waals surface area (Å²) < 4.78 is 26.5. The van der Waals surface area contributed by atoms with Crippen molar-refractivity contribution < 1.29 is 8.42 Å². The Balaban J connectivity index is 2.36. The molecule has 0 aromatic heterocycles. The number of hydrogen-bond acceptors (Lipinski definition) is 4. The van der Waals surface area contributed by atoms with Crippen LogP contribution < -0.4 is 10.5 Å². The Hall–Kier alpha value is -1.21. The fourth-order valence-electron chi connectivity index (χ4n) is 1.70. The first-order valence-electron chi connectivity index (χ1n) is 6.25. The highest BCUT2D eigenvalue weighted by Gasteiger charge is 2.14. The van der Waals surface area contributed by atoms with Crippen LogP contribution in [0.2, 0.25) is 5.02 Å². The van der Waals surface area contributed by atoms with E-state index in [1.54, 1.807) is 31.2 Å². The molecule has 0 aliphatic heterocycles. The predicted octanol–water partition coefficient (Wildman–Crippen LogP) is 3.37. The average molecular weight is 343 g/mol. The van der Waals surface area contributed by atoms with E-state index in [0.717, 1.165) is 4.90 Å². The molecule has 0 bridgehead atoms. The lowest BCUT2D eigenvalue weighted by Crippen LogP contribution is -2.23. The lowest BCUT2D eigenvalue weighted by atomic mass is 10.3. The molecular formula is C14H15ClN2O2S2. The number of anilines is 1. The van der Waals surface area contributed by atoms with Crippen LogP contribution in [0.3, 0.4) is 0 Å². The van der Waals surface area contributed by atoms with E-state index in [2.05, 4.69) is 4.72 Å². The Labute approximate surface area is 133 Å². The van der Waals surface area contributed by atoms with Crippen LogP contribution in [0.15, 0.2) is 57.2 Å². The molecule has 0 saturated carbocycles. The van der Waals surface area contributed by atoms with E-state index >= 15 is 0 Å². The number of hydrogen-bond donors (Lipinski definition) is 2. The number of benzene rings is 2. The second kappa shape index (κ2) is 6.70. The van der Waals surface area contributed by atoms with Crippen LogP contribution in [-0.2, 0) is 10.0 Å². The molecule has 0 spiro atoms. The van der Waals surface area contributed by atoms with Crippen molar-refractivity contribution in [1.29, 1.82) is 0 Å². The van der Waals surface area contributed by atoms with Crippen LogP contribution >= 0.6 is 23.4 Å². The van der Waals surface area contributed by atoms with Crippen molar-refractivity contribution in [2.75, 3.05) is 12.3 Å². The summed E-state index contributed by atoms with van der Waals surface area (Å²) in [5.41, 5.74) is 6.45. The first-order chi connectivity index (χ1) is 9.92. The van der Waals surface area contributed by atoms with Gasteiger partial charge in [-0.25, -0.2) is 13.1 Å². The molecule has 0 amide bonds. The normalized spacial score (nSPS) is 11.5. The standard InChI is InChI=1S/C14H15ClN2O2S2/c1-2-17-21(18,19)12-6-7-13(16)14(9-12)20-11-5-3-4-10(15)8-11/h3-9,17H,2,16H2,1H3. The predicted molar refractivity (Wildman–Crippen MR) is 87.3 cm³/mol. The fourth-order valence-corrected chi connectivity index (χ4v) is 4.06. The van der Waals surface area contributed by atoms with Gasteiger partial charge < -0.3 is 5.73 Å². The molecule has 0 aliphatic rings. The topological polar surface area (TPSA) is 72.2 Å². The van der Waals surface area contributed by atoms with Crippen LogP contribution in [-0.4, -0.2) is 15.0 Å². The molecule has 3 N–H and O–H groups in total. The Morgan fingerprint density at radius 3 is 2.67 bits per heavy atom. The first kappa shape index (κ1) is 16.2. The second-order valence-electron chi connectivity index (χ2n) is 4.26. The zero-order chi connectivity index (χ0) is 15.5. The average Bonchev–Trinajstić information content (AvgIpc) is 2.41. The maximum atomic E-state index is 12.0. The van der Waals surface area contributed by atoms with Gasteiger partial charge >= 0.3 is 0 Å². The highest BCUT2D eigenvalue weighted by Crippen LogP contribution is 2.34. The van der Waals surface area contributed by atoms with Crippen LogP contribution in [0.4, 0.5) is 5.69 Å². The van der Waals surface area contributed by atoms with Gasteiger partial charge in [-0.3, -0.25) is 0 Å². The highest BCUT2D eigenvalue weighted by atomic mass is 35.5. The summed E-state index contributed by atoms with van der Waals surface area (Å²) in [4.78, 5) is 1.77. The smallest absolute Gasteiger partial charge is 0.240 e. The largest absolute Gasteiger partial charge is 0.398 e. The van der Waals surface area contributed by atoms with Crippen LogP contribution in [0.5, 0.6) is 0 Å². The molecule has 2 rings (SSSR count). The lowest BCUT2D eigenvalue weighted by Gasteiger charge is -2.09. The molecule has 0 heterocycles. The van der Waals surface area contributed by atoms with Gasteiger partial charge in [0.15, 0.2) is 0 Å². The minimum Gasteiger partial charge on any atom is -0.398 e. The SMILES string of the molecule is CCNS(=O)(=O)c1ccc(N)c(Sc2cccc(Cl)c2)c1. The molecule has 0 unspecified atom stereocenters. The molecular weight excluding hydrogens is 328 g/mol.